The van der Waals surface area contributed by atoms with E-state index >= 15 is 0 Å². The third-order valence-corrected chi connectivity index (χ3v) is 3.79. The van der Waals surface area contributed by atoms with Gasteiger partial charge in [-0.2, -0.15) is 0 Å². The van der Waals surface area contributed by atoms with Gasteiger partial charge >= 0.3 is 0 Å². The van der Waals surface area contributed by atoms with Crippen LogP contribution in [-0.4, -0.2) is 14.7 Å². The van der Waals surface area contributed by atoms with Crippen LogP contribution < -0.4 is 5.56 Å². The maximum absolute atomic E-state index is 12.9. The summed E-state index contributed by atoms with van der Waals surface area (Å²) in [4.78, 5) is 17.2. The second kappa shape index (κ2) is 6.02. The van der Waals surface area contributed by atoms with Crippen molar-refractivity contribution in [3.63, 3.8) is 0 Å². The molecule has 0 unspecified atom stereocenters. The largest absolute Gasteiger partial charge is 0.505 e. The molecule has 3 rings (SSSR count). The van der Waals surface area contributed by atoms with Gasteiger partial charge < -0.3 is 5.11 Å². The van der Waals surface area contributed by atoms with Gasteiger partial charge in [0.15, 0.2) is 5.75 Å². The Hall–Kier alpha value is -2.62. The van der Waals surface area contributed by atoms with Crippen molar-refractivity contribution in [1.82, 2.24) is 9.55 Å². The minimum Gasteiger partial charge on any atom is -0.505 e. The average molecular weight is 294 g/mol. The van der Waals surface area contributed by atoms with Gasteiger partial charge in [-0.1, -0.05) is 31.5 Å². The van der Waals surface area contributed by atoms with Gasteiger partial charge in [0.2, 0.25) is 0 Å². The molecule has 0 spiro atoms. The van der Waals surface area contributed by atoms with Crippen molar-refractivity contribution in [2.45, 2.75) is 26.2 Å². The summed E-state index contributed by atoms with van der Waals surface area (Å²) >= 11 is 0. The van der Waals surface area contributed by atoms with Crippen LogP contribution in [0.15, 0.2) is 53.5 Å². The summed E-state index contributed by atoms with van der Waals surface area (Å²) in [5, 5.41) is 10.5. The highest BCUT2D eigenvalue weighted by Gasteiger charge is 2.17. The minimum atomic E-state index is -0.169. The quantitative estimate of drug-likeness (QED) is 0.802. The van der Waals surface area contributed by atoms with Crippen LogP contribution in [0.5, 0.6) is 5.75 Å². The number of pyridine rings is 2. The van der Waals surface area contributed by atoms with Gasteiger partial charge in [0.1, 0.15) is 5.52 Å². The number of aromatic nitrogens is 2. The molecule has 112 valence electrons. The van der Waals surface area contributed by atoms with E-state index in [2.05, 4.69) is 11.9 Å². The van der Waals surface area contributed by atoms with Gasteiger partial charge in [-0.25, -0.2) is 0 Å². The summed E-state index contributed by atoms with van der Waals surface area (Å²) in [6, 6.07) is 13.0. The van der Waals surface area contributed by atoms with Crippen LogP contribution in [0.2, 0.25) is 0 Å². The standard InChI is InChI=1S/C18H18N2O2/c1-2-3-10-14-17(21)16-15(11-7-12-19-16)20(18(14)22)13-8-5-4-6-9-13/h4-9,11-12,21H,2-3,10H2,1H3. The lowest BCUT2D eigenvalue weighted by molar-refractivity contribution is 0.469. The monoisotopic (exact) mass is 294 g/mol. The van der Waals surface area contributed by atoms with Gasteiger partial charge in [0.05, 0.1) is 11.1 Å². The molecule has 0 aliphatic rings. The molecule has 2 heterocycles. The van der Waals surface area contributed by atoms with Crippen molar-refractivity contribution >= 4 is 11.0 Å². The molecule has 0 radical (unpaired) electrons. The third-order valence-electron chi connectivity index (χ3n) is 3.79. The van der Waals surface area contributed by atoms with Crippen molar-refractivity contribution in [1.29, 1.82) is 0 Å². The summed E-state index contributed by atoms with van der Waals surface area (Å²) in [5.74, 6) is 0.0150. The molecule has 0 bridgehead atoms. The first-order valence-electron chi connectivity index (χ1n) is 7.51. The molecule has 0 saturated heterocycles. The van der Waals surface area contributed by atoms with Gasteiger partial charge in [-0.05, 0) is 37.1 Å². The second-order valence-corrected chi connectivity index (χ2v) is 5.28. The van der Waals surface area contributed by atoms with Crippen LogP contribution in [0.25, 0.3) is 16.7 Å². The van der Waals surface area contributed by atoms with E-state index in [1.54, 1.807) is 22.9 Å². The molecule has 0 amide bonds. The van der Waals surface area contributed by atoms with Crippen molar-refractivity contribution < 1.29 is 5.11 Å². The summed E-state index contributed by atoms with van der Waals surface area (Å²) in [6.07, 6.45) is 4.01. The lowest BCUT2D eigenvalue weighted by Crippen LogP contribution is -2.23. The molecule has 0 aliphatic heterocycles. The van der Waals surface area contributed by atoms with E-state index in [1.807, 2.05) is 30.3 Å². The Kier molecular flexibility index (Phi) is 3.92. The van der Waals surface area contributed by atoms with E-state index in [9.17, 15) is 9.90 Å². The fourth-order valence-corrected chi connectivity index (χ4v) is 2.66. The van der Waals surface area contributed by atoms with E-state index in [4.69, 9.17) is 0 Å². The summed E-state index contributed by atoms with van der Waals surface area (Å²) in [6.45, 7) is 2.06. The molecule has 4 heteroatoms. The number of rotatable bonds is 4. The number of hydrogen-bond donors (Lipinski definition) is 1. The molecule has 22 heavy (non-hydrogen) atoms. The first kappa shape index (κ1) is 14.3. The molecule has 1 aromatic carbocycles. The summed E-state index contributed by atoms with van der Waals surface area (Å²) in [5.41, 5.74) is 2.14. The Morgan fingerprint density at radius 3 is 2.64 bits per heavy atom. The molecular weight excluding hydrogens is 276 g/mol. The van der Waals surface area contributed by atoms with Crippen molar-refractivity contribution in [3.8, 4) is 11.4 Å². The Labute approximate surface area is 128 Å². The van der Waals surface area contributed by atoms with Crippen molar-refractivity contribution in [2.24, 2.45) is 0 Å². The highest BCUT2D eigenvalue weighted by molar-refractivity contribution is 5.83. The van der Waals surface area contributed by atoms with E-state index in [1.165, 1.54) is 0 Å². The lowest BCUT2D eigenvalue weighted by atomic mass is 10.1. The zero-order valence-corrected chi connectivity index (χ0v) is 12.5. The number of benzene rings is 1. The van der Waals surface area contributed by atoms with E-state index in [-0.39, 0.29) is 11.3 Å². The van der Waals surface area contributed by atoms with E-state index in [0.717, 1.165) is 18.5 Å². The lowest BCUT2D eigenvalue weighted by Gasteiger charge is -2.14. The predicted molar refractivity (Wildman–Crippen MR) is 87.6 cm³/mol. The molecule has 2 aromatic heterocycles. The molecule has 0 fully saturated rings. The molecular formula is C18H18N2O2. The zero-order chi connectivity index (χ0) is 15.5. The first-order chi connectivity index (χ1) is 10.7. The van der Waals surface area contributed by atoms with E-state index in [0.29, 0.717) is 23.0 Å². The maximum Gasteiger partial charge on any atom is 0.262 e. The zero-order valence-electron chi connectivity index (χ0n) is 12.5. The van der Waals surface area contributed by atoms with Gasteiger partial charge in [-0.3, -0.25) is 14.3 Å². The summed E-state index contributed by atoms with van der Waals surface area (Å²) < 4.78 is 1.63. The normalized spacial score (nSPS) is 11.0. The van der Waals surface area contributed by atoms with Crippen molar-refractivity contribution in [2.75, 3.05) is 0 Å². The molecule has 0 atom stereocenters. The number of hydrogen-bond acceptors (Lipinski definition) is 3. The Balaban J connectivity index is 2.37. The number of fused-ring (bicyclic) bond motifs is 1. The number of unbranched alkanes of at least 4 members (excludes halogenated alkanes) is 1. The smallest absolute Gasteiger partial charge is 0.262 e. The van der Waals surface area contributed by atoms with Gasteiger partial charge in [0.25, 0.3) is 5.56 Å². The van der Waals surface area contributed by atoms with Crippen LogP contribution in [0.4, 0.5) is 0 Å². The van der Waals surface area contributed by atoms with Gasteiger partial charge in [-0.15, -0.1) is 0 Å². The number of para-hydroxylation sites is 1. The fraction of sp³-hybridized carbons (Fsp3) is 0.222. The summed E-state index contributed by atoms with van der Waals surface area (Å²) in [7, 11) is 0. The second-order valence-electron chi connectivity index (χ2n) is 5.28. The van der Waals surface area contributed by atoms with Crippen LogP contribution in [0.1, 0.15) is 25.3 Å². The Morgan fingerprint density at radius 1 is 1.14 bits per heavy atom. The average Bonchev–Trinajstić information content (AvgIpc) is 2.56. The topological polar surface area (TPSA) is 55.1 Å². The van der Waals surface area contributed by atoms with Crippen LogP contribution in [0, 0.1) is 0 Å². The first-order valence-corrected chi connectivity index (χ1v) is 7.51. The highest BCUT2D eigenvalue weighted by atomic mass is 16.3. The van der Waals surface area contributed by atoms with Gasteiger partial charge in [0, 0.05) is 11.9 Å². The van der Waals surface area contributed by atoms with Crippen LogP contribution >= 0.6 is 0 Å². The Morgan fingerprint density at radius 2 is 1.91 bits per heavy atom. The maximum atomic E-state index is 12.9. The molecule has 0 saturated carbocycles. The van der Waals surface area contributed by atoms with Crippen LogP contribution in [-0.2, 0) is 6.42 Å². The molecule has 3 aromatic rings. The number of nitrogens with zero attached hydrogens (tertiary/aromatic N) is 2. The highest BCUT2D eigenvalue weighted by Crippen LogP contribution is 2.26. The van der Waals surface area contributed by atoms with E-state index < -0.39 is 0 Å². The third kappa shape index (κ3) is 2.37. The number of aromatic hydroxyl groups is 1. The van der Waals surface area contributed by atoms with Crippen LogP contribution in [0.3, 0.4) is 0 Å². The SMILES string of the molecule is CCCCc1c(O)c2ncccc2n(-c2ccccc2)c1=O. The molecule has 0 aliphatic carbocycles. The van der Waals surface area contributed by atoms with Crippen molar-refractivity contribution in [3.05, 3.63) is 64.6 Å². The predicted octanol–water partition coefficient (Wildman–Crippen LogP) is 3.43. The molecule has 1 N–H and O–H groups in total. The minimum absolute atomic E-state index is 0.0150. The Bertz CT molecular complexity index is 854. The fourth-order valence-electron chi connectivity index (χ4n) is 2.66. The molecule has 4 nitrogen and oxygen atoms in total.